The second kappa shape index (κ2) is 7.08. The van der Waals surface area contributed by atoms with Crippen molar-refractivity contribution in [2.75, 3.05) is 19.7 Å². The minimum atomic E-state index is -0.694. The highest BCUT2D eigenvalue weighted by molar-refractivity contribution is 5.90. The van der Waals surface area contributed by atoms with Gasteiger partial charge < -0.3 is 15.0 Å². The summed E-state index contributed by atoms with van der Waals surface area (Å²) in [6.45, 7) is 1.59. The van der Waals surface area contributed by atoms with Crippen molar-refractivity contribution in [2.45, 2.75) is 37.8 Å². The van der Waals surface area contributed by atoms with Crippen LogP contribution in [0, 0.1) is 5.82 Å². The molecule has 2 atom stereocenters. The molecule has 1 aromatic rings. The van der Waals surface area contributed by atoms with Gasteiger partial charge in [-0.1, -0.05) is 12.1 Å². The van der Waals surface area contributed by atoms with Gasteiger partial charge in [-0.15, -0.1) is 0 Å². The molecule has 0 aromatic heterocycles. The van der Waals surface area contributed by atoms with E-state index in [1.165, 1.54) is 12.1 Å². The Balaban J connectivity index is 1.75. The van der Waals surface area contributed by atoms with Crippen molar-refractivity contribution in [3.63, 3.8) is 0 Å². The van der Waals surface area contributed by atoms with Gasteiger partial charge in [0, 0.05) is 19.7 Å². The lowest BCUT2D eigenvalue weighted by molar-refractivity contribution is -0.146. The third kappa shape index (κ3) is 3.69. The van der Waals surface area contributed by atoms with E-state index in [-0.39, 0.29) is 23.7 Å². The van der Waals surface area contributed by atoms with Gasteiger partial charge in [0.25, 0.3) is 0 Å². The SMILES string of the molecule is O=C1NCCN(C(=O)CC2CCCCO2)C1c1ccc(F)cc1. The smallest absolute Gasteiger partial charge is 0.247 e. The number of piperazine rings is 1. The maximum atomic E-state index is 13.1. The van der Waals surface area contributed by atoms with Crippen LogP contribution in [0.4, 0.5) is 4.39 Å². The van der Waals surface area contributed by atoms with Gasteiger partial charge in [-0.3, -0.25) is 9.59 Å². The van der Waals surface area contributed by atoms with Gasteiger partial charge in [-0.05, 0) is 37.0 Å². The topological polar surface area (TPSA) is 58.6 Å². The minimum Gasteiger partial charge on any atom is -0.378 e. The number of halogens is 1. The molecule has 0 radical (unpaired) electrons. The summed E-state index contributed by atoms with van der Waals surface area (Å²) < 4.78 is 18.7. The Morgan fingerprint density at radius 2 is 2.09 bits per heavy atom. The average molecular weight is 320 g/mol. The predicted octanol–water partition coefficient (Wildman–Crippen LogP) is 1.78. The van der Waals surface area contributed by atoms with E-state index >= 15 is 0 Å². The highest BCUT2D eigenvalue weighted by Crippen LogP contribution is 2.26. The van der Waals surface area contributed by atoms with Crippen molar-refractivity contribution in [1.82, 2.24) is 10.2 Å². The zero-order valence-electron chi connectivity index (χ0n) is 13.0. The monoisotopic (exact) mass is 320 g/mol. The Labute approximate surface area is 134 Å². The summed E-state index contributed by atoms with van der Waals surface area (Å²) >= 11 is 0. The normalized spacial score (nSPS) is 25.1. The summed E-state index contributed by atoms with van der Waals surface area (Å²) in [6.07, 6.45) is 3.22. The molecule has 1 N–H and O–H groups in total. The molecule has 5 nitrogen and oxygen atoms in total. The van der Waals surface area contributed by atoms with Crippen LogP contribution >= 0.6 is 0 Å². The lowest BCUT2D eigenvalue weighted by Crippen LogP contribution is -2.52. The molecule has 2 unspecified atom stereocenters. The Kier molecular flexibility index (Phi) is 4.91. The molecule has 1 aromatic carbocycles. The van der Waals surface area contributed by atoms with Gasteiger partial charge in [-0.25, -0.2) is 4.39 Å². The van der Waals surface area contributed by atoms with Crippen LogP contribution in [-0.4, -0.2) is 42.5 Å². The summed E-state index contributed by atoms with van der Waals surface area (Å²) in [6, 6.07) is 5.04. The molecule has 23 heavy (non-hydrogen) atoms. The van der Waals surface area contributed by atoms with Crippen LogP contribution in [0.15, 0.2) is 24.3 Å². The van der Waals surface area contributed by atoms with E-state index in [0.29, 0.717) is 31.7 Å². The summed E-state index contributed by atoms with van der Waals surface area (Å²) in [4.78, 5) is 26.5. The third-order valence-electron chi connectivity index (χ3n) is 4.39. The molecule has 0 aliphatic carbocycles. The molecule has 3 rings (SSSR count). The number of nitrogens with one attached hydrogen (secondary N) is 1. The summed E-state index contributed by atoms with van der Waals surface area (Å²) in [5.74, 6) is -0.666. The van der Waals surface area contributed by atoms with E-state index < -0.39 is 6.04 Å². The molecular formula is C17H21FN2O3. The maximum absolute atomic E-state index is 13.1. The first-order valence-electron chi connectivity index (χ1n) is 8.09. The average Bonchev–Trinajstić information content (AvgIpc) is 2.56. The second-order valence-corrected chi connectivity index (χ2v) is 6.02. The highest BCUT2D eigenvalue weighted by atomic mass is 19.1. The van der Waals surface area contributed by atoms with Crippen molar-refractivity contribution in [3.05, 3.63) is 35.6 Å². The number of hydrogen-bond donors (Lipinski definition) is 1. The van der Waals surface area contributed by atoms with E-state index in [2.05, 4.69) is 5.32 Å². The van der Waals surface area contributed by atoms with E-state index in [4.69, 9.17) is 4.74 Å². The second-order valence-electron chi connectivity index (χ2n) is 6.02. The molecule has 2 aliphatic heterocycles. The number of carbonyl (C=O) groups excluding carboxylic acids is 2. The number of amides is 2. The molecule has 2 aliphatic rings. The fourth-order valence-electron chi connectivity index (χ4n) is 3.19. The zero-order chi connectivity index (χ0) is 16.2. The van der Waals surface area contributed by atoms with Gasteiger partial charge in [-0.2, -0.15) is 0 Å². The van der Waals surface area contributed by atoms with E-state index in [1.807, 2.05) is 0 Å². The van der Waals surface area contributed by atoms with Crippen molar-refractivity contribution < 1.29 is 18.7 Å². The fraction of sp³-hybridized carbons (Fsp3) is 0.529. The molecule has 0 saturated carbocycles. The first-order chi connectivity index (χ1) is 11.1. The maximum Gasteiger partial charge on any atom is 0.247 e. The molecule has 2 saturated heterocycles. The molecule has 0 bridgehead atoms. The Bertz CT molecular complexity index is 570. The van der Waals surface area contributed by atoms with Crippen molar-refractivity contribution in [3.8, 4) is 0 Å². The first kappa shape index (κ1) is 15.9. The van der Waals surface area contributed by atoms with E-state index in [1.54, 1.807) is 17.0 Å². The quantitative estimate of drug-likeness (QED) is 0.924. The van der Waals surface area contributed by atoms with Crippen LogP contribution in [0.25, 0.3) is 0 Å². The fourth-order valence-corrected chi connectivity index (χ4v) is 3.19. The number of hydrogen-bond acceptors (Lipinski definition) is 3. The largest absolute Gasteiger partial charge is 0.378 e. The van der Waals surface area contributed by atoms with Crippen molar-refractivity contribution in [2.24, 2.45) is 0 Å². The summed E-state index contributed by atoms with van der Waals surface area (Å²) in [5, 5.41) is 2.78. The number of rotatable bonds is 3. The van der Waals surface area contributed by atoms with Gasteiger partial charge in [0.15, 0.2) is 0 Å². The Morgan fingerprint density at radius 1 is 1.30 bits per heavy atom. The van der Waals surface area contributed by atoms with Crippen LogP contribution in [0.1, 0.15) is 37.3 Å². The number of nitrogens with zero attached hydrogens (tertiary/aromatic N) is 1. The van der Waals surface area contributed by atoms with Gasteiger partial charge in [0.1, 0.15) is 11.9 Å². The van der Waals surface area contributed by atoms with E-state index in [9.17, 15) is 14.0 Å². The number of ether oxygens (including phenoxy) is 1. The van der Waals surface area contributed by atoms with Crippen LogP contribution in [0.5, 0.6) is 0 Å². The van der Waals surface area contributed by atoms with Crippen LogP contribution in [0.3, 0.4) is 0 Å². The molecule has 2 amide bonds. The summed E-state index contributed by atoms with van der Waals surface area (Å²) in [5.41, 5.74) is 0.626. The lowest BCUT2D eigenvalue weighted by Gasteiger charge is -2.36. The van der Waals surface area contributed by atoms with Crippen LogP contribution in [-0.2, 0) is 14.3 Å². The molecular weight excluding hydrogens is 299 g/mol. The first-order valence-corrected chi connectivity index (χ1v) is 8.09. The zero-order valence-corrected chi connectivity index (χ0v) is 13.0. The number of benzene rings is 1. The summed E-state index contributed by atoms with van der Waals surface area (Å²) in [7, 11) is 0. The van der Waals surface area contributed by atoms with Crippen LogP contribution < -0.4 is 5.32 Å². The Morgan fingerprint density at radius 3 is 2.78 bits per heavy atom. The molecule has 6 heteroatoms. The van der Waals surface area contributed by atoms with Crippen LogP contribution in [0.2, 0.25) is 0 Å². The molecule has 2 heterocycles. The predicted molar refractivity (Wildman–Crippen MR) is 82.1 cm³/mol. The van der Waals surface area contributed by atoms with E-state index in [0.717, 1.165) is 19.3 Å². The van der Waals surface area contributed by atoms with Gasteiger partial charge in [0.05, 0.1) is 12.5 Å². The standard InChI is InChI=1S/C17H21FN2O3/c18-13-6-4-12(5-7-13)16-17(22)19-8-9-20(16)15(21)11-14-3-1-2-10-23-14/h4-7,14,16H,1-3,8-11H2,(H,19,22). The third-order valence-corrected chi connectivity index (χ3v) is 4.39. The number of carbonyl (C=O) groups is 2. The highest BCUT2D eigenvalue weighted by Gasteiger charge is 2.35. The Hall–Kier alpha value is -1.95. The molecule has 2 fully saturated rings. The van der Waals surface area contributed by atoms with Gasteiger partial charge >= 0.3 is 0 Å². The lowest BCUT2D eigenvalue weighted by atomic mass is 10.00. The van der Waals surface area contributed by atoms with Crippen molar-refractivity contribution >= 4 is 11.8 Å². The molecule has 0 spiro atoms. The minimum absolute atomic E-state index is 0.0601. The van der Waals surface area contributed by atoms with Crippen molar-refractivity contribution in [1.29, 1.82) is 0 Å². The van der Waals surface area contributed by atoms with Gasteiger partial charge in [0.2, 0.25) is 11.8 Å². The molecule has 124 valence electrons.